The van der Waals surface area contributed by atoms with E-state index in [1.54, 1.807) is 13.8 Å². The van der Waals surface area contributed by atoms with E-state index in [9.17, 15) is 9.18 Å². The van der Waals surface area contributed by atoms with Gasteiger partial charge in [0, 0.05) is 31.2 Å². The van der Waals surface area contributed by atoms with Crippen molar-refractivity contribution >= 4 is 17.4 Å². The number of benzene rings is 1. The lowest BCUT2D eigenvalue weighted by molar-refractivity contribution is -0.180. The van der Waals surface area contributed by atoms with Gasteiger partial charge in [-0.05, 0) is 25.1 Å². The van der Waals surface area contributed by atoms with Gasteiger partial charge in [-0.2, -0.15) is 0 Å². The lowest BCUT2D eigenvalue weighted by Gasteiger charge is -2.33. The van der Waals surface area contributed by atoms with Crippen molar-refractivity contribution in [3.8, 4) is 5.75 Å². The van der Waals surface area contributed by atoms with Crippen LogP contribution in [0.25, 0.3) is 0 Å². The molecule has 1 aliphatic heterocycles. The third-order valence-corrected chi connectivity index (χ3v) is 3.94. The van der Waals surface area contributed by atoms with Gasteiger partial charge in [0.05, 0.1) is 22.9 Å². The molecule has 0 aliphatic carbocycles. The first-order valence-corrected chi connectivity index (χ1v) is 7.47. The lowest BCUT2D eigenvalue weighted by Crippen LogP contribution is -2.36. The largest absolute Gasteiger partial charge is 0.461 e. The molecule has 0 amide bonds. The van der Waals surface area contributed by atoms with E-state index in [-0.39, 0.29) is 23.0 Å². The van der Waals surface area contributed by atoms with Gasteiger partial charge in [-0.15, -0.1) is 0 Å². The normalized spacial score (nSPS) is 15.7. The van der Waals surface area contributed by atoms with Crippen LogP contribution in [0.5, 0.6) is 5.75 Å². The Morgan fingerprint density at radius 1 is 1.39 bits per heavy atom. The van der Waals surface area contributed by atoms with E-state index in [1.807, 2.05) is 6.92 Å². The Balaban J connectivity index is 2.07. The third-order valence-electron chi connectivity index (χ3n) is 3.65. The molecule has 0 bridgehead atoms. The summed E-state index contributed by atoms with van der Waals surface area (Å²) in [6, 6.07) is 3.87. The van der Waals surface area contributed by atoms with Gasteiger partial charge in [0.1, 0.15) is 5.82 Å². The van der Waals surface area contributed by atoms with E-state index >= 15 is 0 Å². The molecule has 2 heterocycles. The van der Waals surface area contributed by atoms with Gasteiger partial charge >= 0.3 is 0 Å². The van der Waals surface area contributed by atoms with Gasteiger partial charge in [-0.3, -0.25) is 9.78 Å². The number of aromatic nitrogens is 1. The minimum absolute atomic E-state index is 0.0987. The van der Waals surface area contributed by atoms with Crippen molar-refractivity contribution in [1.29, 1.82) is 0 Å². The van der Waals surface area contributed by atoms with Crippen molar-refractivity contribution < 1.29 is 18.7 Å². The molecule has 6 heteroatoms. The number of aryl methyl sites for hydroxylation is 1. The number of halogens is 2. The van der Waals surface area contributed by atoms with Gasteiger partial charge in [0.15, 0.2) is 11.5 Å². The maximum Gasteiger partial charge on any atom is 0.205 e. The molecule has 0 atom stereocenters. The summed E-state index contributed by atoms with van der Waals surface area (Å²) in [6.07, 6.45) is 1.48. The summed E-state index contributed by atoms with van der Waals surface area (Å²) < 4.78 is 24.7. The molecule has 23 heavy (non-hydrogen) atoms. The molecule has 2 aromatic rings. The molecule has 1 aromatic carbocycles. The van der Waals surface area contributed by atoms with E-state index in [0.717, 1.165) is 0 Å². The first-order valence-electron chi connectivity index (χ1n) is 7.10. The fourth-order valence-electron chi connectivity index (χ4n) is 2.43. The van der Waals surface area contributed by atoms with E-state index in [1.165, 1.54) is 24.4 Å². The Kier molecular flexibility index (Phi) is 3.86. The standard InChI is InChI=1S/C17H15ClFNO3/c1-9-16-12(8-22-17(2,3)23-16)11(7-20-9)15(21)10-4-5-14(19)13(18)6-10/h4-7H,8H2,1-3H3. The Morgan fingerprint density at radius 3 is 2.83 bits per heavy atom. The molecule has 1 aliphatic rings. The molecule has 1 aromatic heterocycles. The molecular weight excluding hydrogens is 321 g/mol. The van der Waals surface area contributed by atoms with E-state index < -0.39 is 11.6 Å². The zero-order chi connectivity index (χ0) is 16.8. The number of pyridine rings is 1. The maximum absolute atomic E-state index is 13.3. The highest BCUT2D eigenvalue weighted by Gasteiger charge is 2.32. The van der Waals surface area contributed by atoms with Crippen LogP contribution in [0.1, 0.15) is 41.0 Å². The van der Waals surface area contributed by atoms with Crippen LogP contribution in [0.3, 0.4) is 0 Å². The number of hydrogen-bond acceptors (Lipinski definition) is 4. The molecule has 0 spiro atoms. The molecule has 120 valence electrons. The summed E-state index contributed by atoms with van der Waals surface area (Å²) in [6.45, 7) is 5.64. The summed E-state index contributed by atoms with van der Waals surface area (Å²) in [7, 11) is 0. The Labute approximate surface area is 138 Å². The van der Waals surface area contributed by atoms with Crippen molar-refractivity contribution in [3.05, 3.63) is 57.6 Å². The highest BCUT2D eigenvalue weighted by molar-refractivity contribution is 6.31. The summed E-state index contributed by atoms with van der Waals surface area (Å²) in [5, 5.41) is -0.0987. The number of rotatable bonds is 2. The predicted octanol–water partition coefficient (Wildman–Crippen LogP) is 4.06. The van der Waals surface area contributed by atoms with Crippen LogP contribution < -0.4 is 4.74 Å². The maximum atomic E-state index is 13.3. The summed E-state index contributed by atoms with van der Waals surface area (Å²) >= 11 is 5.76. The third kappa shape index (κ3) is 2.94. The topological polar surface area (TPSA) is 48.4 Å². The molecule has 3 rings (SSSR count). The Bertz CT molecular complexity index is 805. The van der Waals surface area contributed by atoms with Crippen molar-refractivity contribution in [3.63, 3.8) is 0 Å². The zero-order valence-electron chi connectivity index (χ0n) is 12.9. The lowest BCUT2D eigenvalue weighted by atomic mass is 9.98. The van der Waals surface area contributed by atoms with Crippen LogP contribution in [0, 0.1) is 12.7 Å². The van der Waals surface area contributed by atoms with Crippen LogP contribution >= 0.6 is 11.6 Å². The molecule has 4 nitrogen and oxygen atoms in total. The molecule has 0 fully saturated rings. The molecule has 0 N–H and O–H groups in total. The monoisotopic (exact) mass is 335 g/mol. The zero-order valence-corrected chi connectivity index (χ0v) is 13.7. The van der Waals surface area contributed by atoms with Crippen molar-refractivity contribution in [1.82, 2.24) is 4.98 Å². The highest BCUT2D eigenvalue weighted by atomic mass is 35.5. The number of ether oxygens (including phenoxy) is 2. The summed E-state index contributed by atoms with van der Waals surface area (Å²) in [4.78, 5) is 17.0. The molecule has 0 saturated carbocycles. The second-order valence-corrected chi connectivity index (χ2v) is 6.22. The molecular formula is C17H15ClFNO3. The van der Waals surface area contributed by atoms with E-state index in [2.05, 4.69) is 4.98 Å². The Hall–Kier alpha value is -1.98. The van der Waals surface area contributed by atoms with Crippen LogP contribution in [0.4, 0.5) is 4.39 Å². The van der Waals surface area contributed by atoms with Crippen molar-refractivity contribution in [2.24, 2.45) is 0 Å². The Morgan fingerprint density at radius 2 is 2.13 bits per heavy atom. The second-order valence-electron chi connectivity index (χ2n) is 5.81. The van der Waals surface area contributed by atoms with E-state index in [0.29, 0.717) is 22.6 Å². The fourth-order valence-corrected chi connectivity index (χ4v) is 2.61. The van der Waals surface area contributed by atoms with Crippen LogP contribution in [0.2, 0.25) is 5.02 Å². The van der Waals surface area contributed by atoms with Crippen LogP contribution in [-0.2, 0) is 11.3 Å². The first-order chi connectivity index (χ1) is 10.8. The molecule has 0 radical (unpaired) electrons. The van der Waals surface area contributed by atoms with Crippen molar-refractivity contribution in [2.45, 2.75) is 33.2 Å². The number of fused-ring (bicyclic) bond motifs is 1. The molecule has 0 saturated heterocycles. The van der Waals surface area contributed by atoms with Crippen LogP contribution in [-0.4, -0.2) is 16.6 Å². The minimum atomic E-state index is -0.777. The quantitative estimate of drug-likeness (QED) is 0.777. The minimum Gasteiger partial charge on any atom is -0.461 e. The average molecular weight is 336 g/mol. The van der Waals surface area contributed by atoms with Crippen LogP contribution in [0.15, 0.2) is 24.4 Å². The first kappa shape index (κ1) is 15.9. The predicted molar refractivity (Wildman–Crippen MR) is 83.3 cm³/mol. The van der Waals surface area contributed by atoms with Gasteiger partial charge in [-0.25, -0.2) is 4.39 Å². The number of ketones is 1. The SMILES string of the molecule is Cc1ncc(C(=O)c2ccc(F)c(Cl)c2)c2c1OC(C)(C)OC2. The smallest absolute Gasteiger partial charge is 0.205 e. The fraction of sp³-hybridized carbons (Fsp3) is 0.294. The van der Waals surface area contributed by atoms with Crippen molar-refractivity contribution in [2.75, 3.05) is 0 Å². The number of carbonyl (C=O) groups is 1. The number of carbonyl (C=O) groups excluding carboxylic acids is 1. The number of hydrogen-bond donors (Lipinski definition) is 0. The van der Waals surface area contributed by atoms with Gasteiger partial charge in [0.25, 0.3) is 0 Å². The van der Waals surface area contributed by atoms with Gasteiger partial charge < -0.3 is 9.47 Å². The summed E-state index contributed by atoms with van der Waals surface area (Å²) in [5.74, 6) is -1.09. The van der Waals surface area contributed by atoms with Gasteiger partial charge in [0.2, 0.25) is 5.79 Å². The highest BCUT2D eigenvalue weighted by Crippen LogP contribution is 2.36. The van der Waals surface area contributed by atoms with E-state index in [4.69, 9.17) is 21.1 Å². The molecule has 0 unspecified atom stereocenters. The summed E-state index contributed by atoms with van der Waals surface area (Å²) in [5.41, 5.74) is 1.98. The van der Waals surface area contributed by atoms with Gasteiger partial charge in [-0.1, -0.05) is 11.6 Å². The number of nitrogens with zero attached hydrogens (tertiary/aromatic N) is 1. The average Bonchev–Trinajstić information content (AvgIpc) is 2.49. The second kappa shape index (κ2) is 5.58.